The van der Waals surface area contributed by atoms with E-state index in [0.29, 0.717) is 61.8 Å². The number of ether oxygens (including phenoxy) is 4. The topological polar surface area (TPSA) is 116 Å². The number of anilines is 1. The van der Waals surface area contributed by atoms with Gasteiger partial charge in [0.2, 0.25) is 0 Å². The lowest BCUT2D eigenvalue weighted by Crippen LogP contribution is -2.43. The van der Waals surface area contributed by atoms with Gasteiger partial charge in [-0.25, -0.2) is 8.60 Å². The van der Waals surface area contributed by atoms with Crippen LogP contribution in [0.25, 0.3) is 0 Å². The predicted octanol–water partition coefficient (Wildman–Crippen LogP) is 6.48. The maximum atomic E-state index is 14.4. The van der Waals surface area contributed by atoms with Crippen LogP contribution in [0.15, 0.2) is 52.9 Å². The third-order valence-electron chi connectivity index (χ3n) is 10.3. The molecule has 6 rings (SSSR count). The highest BCUT2D eigenvalue weighted by molar-refractivity contribution is 7.92. The van der Waals surface area contributed by atoms with Gasteiger partial charge in [-0.05, 0) is 104 Å². The fourth-order valence-corrected chi connectivity index (χ4v) is 9.53. The molecule has 0 aromatic heterocycles. The van der Waals surface area contributed by atoms with Crippen molar-refractivity contribution in [3.8, 4) is 5.75 Å². The number of alkyl halides is 1. The van der Waals surface area contributed by atoms with Crippen molar-refractivity contribution >= 4 is 39.0 Å². The van der Waals surface area contributed by atoms with Gasteiger partial charge in [-0.3, -0.25) is 14.3 Å². The van der Waals surface area contributed by atoms with Gasteiger partial charge in [-0.2, -0.15) is 0 Å². The number of amides is 2. The molecule has 4 aliphatic rings. The Hall–Kier alpha value is -3.03. The van der Waals surface area contributed by atoms with Crippen molar-refractivity contribution in [2.75, 3.05) is 50.7 Å². The Labute approximate surface area is 305 Å². The van der Waals surface area contributed by atoms with Gasteiger partial charge < -0.3 is 23.8 Å². The fraction of sp³-hybridized carbons (Fsp3) is 0.579. The van der Waals surface area contributed by atoms with Gasteiger partial charge in [0.1, 0.15) is 28.4 Å². The van der Waals surface area contributed by atoms with Crippen LogP contribution in [0.1, 0.15) is 66.9 Å². The minimum absolute atomic E-state index is 0.0684. The summed E-state index contributed by atoms with van der Waals surface area (Å²) in [5.41, 5.74) is 3.32. The van der Waals surface area contributed by atoms with E-state index in [4.69, 9.17) is 30.5 Å². The van der Waals surface area contributed by atoms with E-state index in [-0.39, 0.29) is 29.9 Å². The molecule has 2 fully saturated rings. The van der Waals surface area contributed by atoms with Gasteiger partial charge in [-0.1, -0.05) is 36.7 Å². The van der Waals surface area contributed by atoms with Crippen molar-refractivity contribution in [1.82, 2.24) is 4.72 Å². The number of hydrogen-bond acceptors (Lipinski definition) is 8. The van der Waals surface area contributed by atoms with E-state index < -0.39 is 40.6 Å². The Balaban J connectivity index is 1.37. The number of allylic oxidation sites excluding steroid dienone is 1. The van der Waals surface area contributed by atoms with E-state index in [2.05, 4.69) is 26.1 Å². The van der Waals surface area contributed by atoms with Crippen molar-refractivity contribution in [2.24, 2.45) is 22.1 Å². The highest BCUT2D eigenvalue weighted by Gasteiger charge is 2.38. The second-order valence-electron chi connectivity index (χ2n) is 14.2. The van der Waals surface area contributed by atoms with Crippen LogP contribution in [0, 0.1) is 17.8 Å². The van der Waals surface area contributed by atoms with E-state index in [1.54, 1.807) is 25.3 Å². The van der Waals surface area contributed by atoms with Crippen molar-refractivity contribution in [2.45, 2.75) is 76.8 Å². The molecule has 1 saturated carbocycles. The number of nitrogens with zero attached hydrogens (tertiary/aromatic N) is 2. The number of hydrogen-bond donors (Lipinski definition) is 1. The average molecular weight is 746 g/mol. The first kappa shape index (κ1) is 37.7. The first-order valence-corrected chi connectivity index (χ1v) is 20.1. The number of benzene rings is 2. The molecule has 13 heteroatoms. The van der Waals surface area contributed by atoms with Crippen LogP contribution in [0.4, 0.5) is 10.1 Å². The maximum absolute atomic E-state index is 14.4. The number of fused-ring (bicyclic) bond motifs is 3. The van der Waals surface area contributed by atoms with Crippen LogP contribution in [-0.2, 0) is 41.9 Å². The number of nitrogens with one attached hydrogen (secondary N) is 1. The normalized spacial score (nSPS) is 31.0. The van der Waals surface area contributed by atoms with Crippen LogP contribution >= 0.6 is 11.6 Å². The summed E-state index contributed by atoms with van der Waals surface area (Å²) >= 11 is 6.45. The average Bonchev–Trinajstić information content (AvgIpc) is 3.11. The molecule has 51 heavy (non-hydrogen) atoms. The second kappa shape index (κ2) is 17.2. The molecule has 1 unspecified atom stereocenters. The molecule has 0 spiro atoms. The molecule has 1 N–H and O–H groups in total. The quantitative estimate of drug-likeness (QED) is 0.346. The summed E-state index contributed by atoms with van der Waals surface area (Å²) in [6, 6.07) is 11.2. The van der Waals surface area contributed by atoms with Crippen molar-refractivity contribution in [1.29, 1.82) is 0 Å². The lowest BCUT2D eigenvalue weighted by molar-refractivity contribution is -0.132. The summed E-state index contributed by atoms with van der Waals surface area (Å²) in [5.74, 6) is -0.427. The summed E-state index contributed by atoms with van der Waals surface area (Å²) in [5, 5.41) is 0.698. The summed E-state index contributed by atoms with van der Waals surface area (Å²) in [6.45, 7) is 3.40. The zero-order valence-electron chi connectivity index (χ0n) is 29.4. The third-order valence-corrected chi connectivity index (χ3v) is 12.6. The molecule has 0 radical (unpaired) electrons. The van der Waals surface area contributed by atoms with Crippen LogP contribution in [0.2, 0.25) is 5.02 Å². The maximum Gasteiger partial charge on any atom is 0.286 e. The van der Waals surface area contributed by atoms with Crippen molar-refractivity contribution < 1.29 is 37.1 Å². The number of methoxy groups -OCH3 is 1. The molecule has 1 saturated heterocycles. The molecule has 3 heterocycles. The largest absolute Gasteiger partial charge is 0.491 e. The van der Waals surface area contributed by atoms with Gasteiger partial charge in [0.15, 0.2) is 0 Å². The highest BCUT2D eigenvalue weighted by atomic mass is 35.5. The molecular formula is C38H49ClFN3O7S. The van der Waals surface area contributed by atoms with E-state index >= 15 is 0 Å². The minimum Gasteiger partial charge on any atom is -0.491 e. The fourth-order valence-electron chi connectivity index (χ4n) is 7.44. The smallest absolute Gasteiger partial charge is 0.286 e. The highest BCUT2D eigenvalue weighted by Crippen LogP contribution is 2.42. The van der Waals surface area contributed by atoms with E-state index in [9.17, 15) is 18.2 Å². The second-order valence-corrected chi connectivity index (χ2v) is 16.6. The molecule has 7 atom stereocenters. The van der Waals surface area contributed by atoms with Crippen molar-refractivity contribution in [3.63, 3.8) is 0 Å². The monoisotopic (exact) mass is 745 g/mol. The molecule has 1 aliphatic carbocycles. The number of carbonyl (C=O) groups is 2. The van der Waals surface area contributed by atoms with Crippen LogP contribution in [-0.4, -0.2) is 80.2 Å². The SMILES string of the molecule is CO[C@H]1/C=C/C[C@H](C)CS(=O)(NC(=O)CO[C@H]2CCOC[C@H]2F)=NC(=O)c2ccc3c(c2)N(Cc2ccc(Cl)cc2CCCCO3)C[C@@H]2CC[C@H]21. The van der Waals surface area contributed by atoms with Crippen LogP contribution in [0.5, 0.6) is 5.75 Å². The summed E-state index contributed by atoms with van der Waals surface area (Å²) in [7, 11) is -1.88. The zero-order chi connectivity index (χ0) is 36.0. The first-order chi connectivity index (χ1) is 24.6. The molecule has 3 aliphatic heterocycles. The van der Waals surface area contributed by atoms with Gasteiger partial charge in [0, 0.05) is 37.4 Å². The Morgan fingerprint density at radius 1 is 1.14 bits per heavy atom. The van der Waals surface area contributed by atoms with Gasteiger partial charge in [0.25, 0.3) is 11.8 Å². The number of aryl methyl sites for hydroxylation is 1. The molecule has 2 bridgehead atoms. The van der Waals surface area contributed by atoms with Gasteiger partial charge >= 0.3 is 0 Å². The van der Waals surface area contributed by atoms with E-state index in [1.807, 2.05) is 25.1 Å². The zero-order valence-corrected chi connectivity index (χ0v) is 31.0. The predicted molar refractivity (Wildman–Crippen MR) is 195 cm³/mol. The molecule has 10 nitrogen and oxygen atoms in total. The molecule has 278 valence electrons. The first-order valence-electron chi connectivity index (χ1n) is 18.0. The van der Waals surface area contributed by atoms with E-state index in [1.165, 1.54) is 5.56 Å². The molecule has 2 aromatic rings. The third kappa shape index (κ3) is 9.70. The summed E-state index contributed by atoms with van der Waals surface area (Å²) in [6.07, 6.45) is 7.43. The standard InChI is InChI=1S/C38H49ClFN3O7S/c1-25-6-5-8-34(47-2)31-13-10-29(31)21-43-20-28-9-12-30(39)18-26(28)7-3-4-16-49-36-14-11-27(19-33(36)43)38(45)42-51(46,24-25)41-37(44)23-50-35-15-17-48-22-32(35)40/h5,8-9,11-12,14,18-19,25,29,31-32,34-35H,3-4,6-7,10,13,15-17,20-24H2,1-2H3,(H,41,42,44,45,46)/b8-5+/t25-,29-,31+,32+,34-,35-,51?/m0/s1. The van der Waals surface area contributed by atoms with E-state index in [0.717, 1.165) is 43.4 Å². The van der Waals surface area contributed by atoms with Crippen LogP contribution < -0.4 is 14.4 Å². The van der Waals surface area contributed by atoms with Gasteiger partial charge in [-0.15, -0.1) is 4.36 Å². The molecule has 2 amide bonds. The number of rotatable bonds is 5. The Morgan fingerprint density at radius 3 is 2.78 bits per heavy atom. The minimum atomic E-state index is -3.61. The summed E-state index contributed by atoms with van der Waals surface area (Å²) < 4.78 is 58.4. The Morgan fingerprint density at radius 2 is 2.00 bits per heavy atom. The Bertz CT molecular complexity index is 1720. The summed E-state index contributed by atoms with van der Waals surface area (Å²) in [4.78, 5) is 29.3. The number of carbonyl (C=O) groups excluding carboxylic acids is 2. The van der Waals surface area contributed by atoms with Crippen molar-refractivity contribution in [3.05, 3.63) is 70.3 Å². The lowest BCUT2D eigenvalue weighted by atomic mass is 9.70. The Kier molecular flexibility index (Phi) is 12.7. The lowest BCUT2D eigenvalue weighted by Gasteiger charge is -2.43. The van der Waals surface area contributed by atoms with Gasteiger partial charge in [0.05, 0.1) is 36.9 Å². The van der Waals surface area contributed by atoms with Crippen LogP contribution in [0.3, 0.4) is 0 Å². The molecular weight excluding hydrogens is 697 g/mol. The molecule has 2 aromatic carbocycles. The number of halogens is 2.